The Morgan fingerprint density at radius 3 is 2.85 bits per heavy atom. The summed E-state index contributed by atoms with van der Waals surface area (Å²) in [7, 11) is 3.61. The zero-order valence-electron chi connectivity index (χ0n) is 12.4. The number of hydrogen-bond donors (Lipinski definition) is 1. The van der Waals surface area contributed by atoms with Crippen LogP contribution in [0.5, 0.6) is 5.75 Å². The van der Waals surface area contributed by atoms with Crippen LogP contribution in [0.4, 0.5) is 0 Å². The highest BCUT2D eigenvalue weighted by atomic mass is 32.1. The van der Waals surface area contributed by atoms with E-state index in [2.05, 4.69) is 33.8 Å². The van der Waals surface area contributed by atoms with Crippen LogP contribution in [0.1, 0.15) is 42.6 Å². The predicted molar refractivity (Wildman–Crippen MR) is 79.3 cm³/mol. The van der Waals surface area contributed by atoms with Gasteiger partial charge < -0.3 is 10.1 Å². The van der Waals surface area contributed by atoms with Crippen molar-refractivity contribution < 1.29 is 4.74 Å². The van der Waals surface area contributed by atoms with Crippen LogP contribution in [0.15, 0.2) is 6.20 Å². The number of aryl methyl sites for hydroxylation is 2. The maximum absolute atomic E-state index is 5.47. The van der Waals surface area contributed by atoms with Crippen molar-refractivity contribution in [3.8, 4) is 5.75 Å². The lowest BCUT2D eigenvalue weighted by molar-refractivity contribution is 0.400. The van der Waals surface area contributed by atoms with Gasteiger partial charge in [-0.15, -0.1) is 5.10 Å². The Kier molecular flexibility index (Phi) is 5.08. The third-order valence-corrected chi connectivity index (χ3v) is 4.08. The standard InChI is InChI=1S/C13H21N5OS/c1-5-7-18-12(10(19-4)8-15-18)11(14-3)13-9(6-2)16-17-20-13/h8,11,14H,5-7H2,1-4H3. The first-order valence-electron chi connectivity index (χ1n) is 6.84. The lowest BCUT2D eigenvalue weighted by Crippen LogP contribution is -2.22. The molecule has 0 aromatic carbocycles. The summed E-state index contributed by atoms with van der Waals surface area (Å²) in [6, 6.07) is 0.00829. The highest BCUT2D eigenvalue weighted by Crippen LogP contribution is 2.33. The smallest absolute Gasteiger partial charge is 0.161 e. The van der Waals surface area contributed by atoms with E-state index in [1.165, 1.54) is 11.5 Å². The van der Waals surface area contributed by atoms with Gasteiger partial charge in [0.15, 0.2) is 5.75 Å². The van der Waals surface area contributed by atoms with Crippen molar-refractivity contribution >= 4 is 11.5 Å². The monoisotopic (exact) mass is 295 g/mol. The minimum Gasteiger partial charge on any atom is -0.493 e. The van der Waals surface area contributed by atoms with Crippen molar-refractivity contribution in [2.45, 2.75) is 39.3 Å². The quantitative estimate of drug-likeness (QED) is 0.846. The first kappa shape index (κ1) is 14.9. The van der Waals surface area contributed by atoms with E-state index in [-0.39, 0.29) is 6.04 Å². The number of rotatable bonds is 7. The topological polar surface area (TPSA) is 64.9 Å². The van der Waals surface area contributed by atoms with Gasteiger partial charge in [-0.3, -0.25) is 4.68 Å². The van der Waals surface area contributed by atoms with Crippen LogP contribution in [0.2, 0.25) is 0 Å². The van der Waals surface area contributed by atoms with Crippen LogP contribution in [0, 0.1) is 0 Å². The minimum atomic E-state index is 0.00829. The highest BCUT2D eigenvalue weighted by molar-refractivity contribution is 7.05. The van der Waals surface area contributed by atoms with Crippen LogP contribution < -0.4 is 10.1 Å². The second-order valence-electron chi connectivity index (χ2n) is 4.48. The molecule has 0 amide bonds. The molecule has 20 heavy (non-hydrogen) atoms. The Labute approximate surface area is 123 Å². The number of methoxy groups -OCH3 is 1. The molecule has 7 heteroatoms. The summed E-state index contributed by atoms with van der Waals surface area (Å²) in [4.78, 5) is 1.13. The molecular weight excluding hydrogens is 274 g/mol. The summed E-state index contributed by atoms with van der Waals surface area (Å²) >= 11 is 1.43. The molecule has 0 radical (unpaired) electrons. The van der Waals surface area contributed by atoms with Crippen molar-refractivity contribution in [1.82, 2.24) is 24.7 Å². The molecule has 6 nitrogen and oxygen atoms in total. The summed E-state index contributed by atoms with van der Waals surface area (Å²) in [5, 5.41) is 12.0. The molecule has 1 atom stereocenters. The number of nitrogens with zero attached hydrogens (tertiary/aromatic N) is 4. The van der Waals surface area contributed by atoms with Gasteiger partial charge >= 0.3 is 0 Å². The van der Waals surface area contributed by atoms with Crippen LogP contribution in [-0.4, -0.2) is 33.5 Å². The second-order valence-corrected chi connectivity index (χ2v) is 5.27. The third-order valence-electron chi connectivity index (χ3n) is 3.24. The number of nitrogens with one attached hydrogen (secondary N) is 1. The van der Waals surface area contributed by atoms with Crippen LogP contribution in [0.3, 0.4) is 0 Å². The largest absolute Gasteiger partial charge is 0.493 e. The zero-order valence-corrected chi connectivity index (χ0v) is 13.2. The molecule has 0 saturated heterocycles. The maximum atomic E-state index is 5.47. The SMILES string of the molecule is CCCn1ncc(OC)c1C(NC)c1snnc1CC. The van der Waals surface area contributed by atoms with Crippen molar-refractivity contribution in [3.63, 3.8) is 0 Å². The first-order chi connectivity index (χ1) is 9.76. The minimum absolute atomic E-state index is 0.00829. The van der Waals surface area contributed by atoms with Gasteiger partial charge in [0, 0.05) is 6.54 Å². The van der Waals surface area contributed by atoms with E-state index in [4.69, 9.17) is 4.74 Å². The molecule has 2 heterocycles. The summed E-state index contributed by atoms with van der Waals surface area (Å²) < 4.78 is 11.6. The Morgan fingerprint density at radius 1 is 1.45 bits per heavy atom. The summed E-state index contributed by atoms with van der Waals surface area (Å²) in [5.74, 6) is 0.799. The number of aromatic nitrogens is 4. The van der Waals surface area contributed by atoms with E-state index >= 15 is 0 Å². The van der Waals surface area contributed by atoms with Gasteiger partial charge in [-0.25, -0.2) is 0 Å². The van der Waals surface area contributed by atoms with Crippen molar-refractivity contribution in [2.75, 3.05) is 14.2 Å². The van der Waals surface area contributed by atoms with Crippen molar-refractivity contribution in [3.05, 3.63) is 22.5 Å². The van der Waals surface area contributed by atoms with Gasteiger partial charge in [-0.2, -0.15) is 5.10 Å². The lowest BCUT2D eigenvalue weighted by Gasteiger charge is -2.18. The Balaban J connectivity index is 2.48. The van der Waals surface area contributed by atoms with Crippen LogP contribution in [-0.2, 0) is 13.0 Å². The van der Waals surface area contributed by atoms with Gasteiger partial charge in [0.2, 0.25) is 0 Å². The maximum Gasteiger partial charge on any atom is 0.161 e. The third kappa shape index (κ3) is 2.69. The van der Waals surface area contributed by atoms with Crippen LogP contribution in [0.25, 0.3) is 0 Å². The van der Waals surface area contributed by atoms with Crippen LogP contribution >= 0.6 is 11.5 Å². The molecule has 2 aromatic heterocycles. The molecule has 2 aromatic rings. The molecule has 1 unspecified atom stereocenters. The van der Waals surface area contributed by atoms with E-state index in [1.54, 1.807) is 13.3 Å². The Bertz CT molecular complexity index is 551. The zero-order chi connectivity index (χ0) is 14.5. The van der Waals surface area contributed by atoms with Gasteiger partial charge in [-0.1, -0.05) is 18.3 Å². The van der Waals surface area contributed by atoms with Crippen molar-refractivity contribution in [1.29, 1.82) is 0 Å². The molecule has 0 fully saturated rings. The Morgan fingerprint density at radius 2 is 2.25 bits per heavy atom. The molecule has 0 aliphatic heterocycles. The predicted octanol–water partition coefficient (Wildman–Crippen LogP) is 2.02. The van der Waals surface area contributed by atoms with E-state index < -0.39 is 0 Å². The number of ether oxygens (including phenoxy) is 1. The molecule has 110 valence electrons. The lowest BCUT2D eigenvalue weighted by atomic mass is 10.1. The van der Waals surface area contributed by atoms with Crippen molar-refractivity contribution in [2.24, 2.45) is 0 Å². The van der Waals surface area contributed by atoms with Gasteiger partial charge in [0.1, 0.15) is 5.69 Å². The highest BCUT2D eigenvalue weighted by Gasteiger charge is 2.26. The van der Waals surface area contributed by atoms with E-state index in [0.717, 1.165) is 41.4 Å². The molecule has 2 rings (SSSR count). The fourth-order valence-corrected chi connectivity index (χ4v) is 3.14. The molecule has 0 spiro atoms. The normalized spacial score (nSPS) is 12.6. The summed E-state index contributed by atoms with van der Waals surface area (Å²) in [5.41, 5.74) is 2.07. The molecular formula is C13H21N5OS. The average Bonchev–Trinajstić information content (AvgIpc) is 3.08. The van der Waals surface area contributed by atoms with E-state index in [9.17, 15) is 0 Å². The summed E-state index contributed by atoms with van der Waals surface area (Å²) in [6.07, 6.45) is 3.67. The molecule has 0 saturated carbocycles. The molecule has 0 aliphatic carbocycles. The fraction of sp³-hybridized carbons (Fsp3) is 0.615. The second kappa shape index (κ2) is 6.81. The van der Waals surface area contributed by atoms with Gasteiger partial charge in [0.05, 0.1) is 29.9 Å². The first-order valence-corrected chi connectivity index (χ1v) is 7.62. The number of hydrogen-bond acceptors (Lipinski definition) is 6. The van der Waals surface area contributed by atoms with E-state index in [1.807, 2.05) is 11.7 Å². The van der Waals surface area contributed by atoms with Gasteiger partial charge in [-0.05, 0) is 31.4 Å². The molecule has 0 bridgehead atoms. The molecule has 0 aliphatic rings. The average molecular weight is 295 g/mol. The summed E-state index contributed by atoms with van der Waals surface area (Å²) in [6.45, 7) is 5.09. The Hall–Kier alpha value is -1.47. The van der Waals surface area contributed by atoms with E-state index in [0.29, 0.717) is 0 Å². The fourth-order valence-electron chi connectivity index (χ4n) is 2.29. The van der Waals surface area contributed by atoms with Gasteiger partial charge in [0.25, 0.3) is 0 Å². The molecule has 1 N–H and O–H groups in total.